The van der Waals surface area contributed by atoms with Crippen LogP contribution in [0.25, 0.3) is 0 Å². The molecule has 0 saturated carbocycles. The fourth-order valence-electron chi connectivity index (χ4n) is 2.13. The summed E-state index contributed by atoms with van der Waals surface area (Å²) >= 11 is 5.78. The third-order valence-corrected chi connectivity index (χ3v) is 3.28. The second kappa shape index (κ2) is 5.63. The molecular formula is C14H14ClFN2O2. The van der Waals surface area contributed by atoms with Gasteiger partial charge in [-0.15, -0.1) is 0 Å². The molecule has 0 aliphatic heterocycles. The maximum Gasteiger partial charge on any atom is 0.254 e. The van der Waals surface area contributed by atoms with E-state index in [1.807, 2.05) is 0 Å². The van der Waals surface area contributed by atoms with E-state index in [2.05, 4.69) is 10.5 Å². The van der Waals surface area contributed by atoms with E-state index in [1.54, 1.807) is 20.8 Å². The summed E-state index contributed by atoms with van der Waals surface area (Å²) in [7, 11) is 0. The Kier molecular flexibility index (Phi) is 4.09. The number of amides is 1. The van der Waals surface area contributed by atoms with Gasteiger partial charge in [0.1, 0.15) is 11.6 Å². The minimum atomic E-state index is -0.613. The topological polar surface area (TPSA) is 55.1 Å². The van der Waals surface area contributed by atoms with Crippen LogP contribution in [0.15, 0.2) is 22.7 Å². The van der Waals surface area contributed by atoms with Crippen LogP contribution in [-0.2, 0) is 0 Å². The van der Waals surface area contributed by atoms with Gasteiger partial charge in [0.2, 0.25) is 0 Å². The molecule has 1 heterocycles. The molecule has 0 fully saturated rings. The number of rotatable bonds is 3. The molecule has 2 aromatic rings. The number of carbonyl (C=O) groups is 1. The first kappa shape index (κ1) is 14.5. The number of aryl methyl sites for hydroxylation is 2. The zero-order valence-corrected chi connectivity index (χ0v) is 12.1. The molecule has 0 spiro atoms. The number of halogens is 2. The van der Waals surface area contributed by atoms with Crippen LogP contribution in [0, 0.1) is 19.7 Å². The van der Waals surface area contributed by atoms with E-state index in [0.717, 1.165) is 11.6 Å². The summed E-state index contributed by atoms with van der Waals surface area (Å²) in [5, 5.41) is 6.85. The van der Waals surface area contributed by atoms with Crippen molar-refractivity contribution in [1.82, 2.24) is 10.5 Å². The van der Waals surface area contributed by atoms with Crippen molar-refractivity contribution < 1.29 is 13.7 Å². The van der Waals surface area contributed by atoms with E-state index in [-0.39, 0.29) is 11.6 Å². The van der Waals surface area contributed by atoms with Crippen LogP contribution in [0.1, 0.15) is 40.3 Å². The largest absolute Gasteiger partial charge is 0.361 e. The summed E-state index contributed by atoms with van der Waals surface area (Å²) in [6, 6.07) is 3.52. The molecule has 0 saturated heterocycles. The van der Waals surface area contributed by atoms with E-state index in [1.165, 1.54) is 12.1 Å². The van der Waals surface area contributed by atoms with Crippen molar-refractivity contribution in [2.24, 2.45) is 0 Å². The van der Waals surface area contributed by atoms with Crippen LogP contribution < -0.4 is 5.32 Å². The van der Waals surface area contributed by atoms with Crippen LogP contribution in [0.5, 0.6) is 0 Å². The molecular weight excluding hydrogens is 283 g/mol. The molecule has 106 valence electrons. The normalized spacial score (nSPS) is 12.2. The lowest BCUT2D eigenvalue weighted by molar-refractivity contribution is 0.0935. The van der Waals surface area contributed by atoms with Gasteiger partial charge in [-0.1, -0.05) is 16.8 Å². The van der Waals surface area contributed by atoms with Gasteiger partial charge in [-0.05, 0) is 39.0 Å². The van der Waals surface area contributed by atoms with Crippen molar-refractivity contribution in [3.05, 3.63) is 51.6 Å². The average molecular weight is 297 g/mol. The predicted octanol–water partition coefficient (Wildman–Crippen LogP) is 3.57. The van der Waals surface area contributed by atoms with Gasteiger partial charge < -0.3 is 9.84 Å². The Morgan fingerprint density at radius 2 is 2.15 bits per heavy atom. The number of hydrogen-bond donors (Lipinski definition) is 1. The maximum absolute atomic E-state index is 13.6. The fourth-order valence-corrected chi connectivity index (χ4v) is 2.30. The SMILES string of the molecule is Cc1noc(C)c1C(C)NC(=O)c1cc(Cl)ccc1F. The number of carbonyl (C=O) groups excluding carboxylic acids is 1. The molecule has 1 atom stereocenters. The summed E-state index contributed by atoms with van der Waals surface area (Å²) in [6.45, 7) is 5.33. The summed E-state index contributed by atoms with van der Waals surface area (Å²) in [6.07, 6.45) is 0. The first-order chi connectivity index (χ1) is 9.40. The van der Waals surface area contributed by atoms with Crippen LogP contribution >= 0.6 is 11.6 Å². The number of benzene rings is 1. The second-order valence-electron chi connectivity index (χ2n) is 4.56. The molecule has 0 bridgehead atoms. The zero-order chi connectivity index (χ0) is 14.9. The highest BCUT2D eigenvalue weighted by molar-refractivity contribution is 6.31. The van der Waals surface area contributed by atoms with Crippen molar-refractivity contribution in [2.75, 3.05) is 0 Å². The molecule has 2 rings (SSSR count). The van der Waals surface area contributed by atoms with Gasteiger partial charge in [0.05, 0.1) is 17.3 Å². The fraction of sp³-hybridized carbons (Fsp3) is 0.286. The molecule has 1 aromatic carbocycles. The number of nitrogens with zero attached hydrogens (tertiary/aromatic N) is 1. The smallest absolute Gasteiger partial charge is 0.254 e. The Bertz CT molecular complexity index is 635. The van der Waals surface area contributed by atoms with Crippen molar-refractivity contribution in [1.29, 1.82) is 0 Å². The van der Waals surface area contributed by atoms with E-state index in [4.69, 9.17) is 16.1 Å². The molecule has 0 aliphatic carbocycles. The Hall–Kier alpha value is -1.88. The van der Waals surface area contributed by atoms with Gasteiger partial charge in [0.15, 0.2) is 0 Å². The average Bonchev–Trinajstić information content (AvgIpc) is 2.71. The van der Waals surface area contributed by atoms with Crippen molar-refractivity contribution >= 4 is 17.5 Å². The molecule has 0 radical (unpaired) electrons. The maximum atomic E-state index is 13.6. The Morgan fingerprint density at radius 3 is 2.75 bits per heavy atom. The van der Waals surface area contributed by atoms with E-state index in [9.17, 15) is 9.18 Å². The Balaban J connectivity index is 2.22. The van der Waals surface area contributed by atoms with E-state index in [0.29, 0.717) is 16.5 Å². The first-order valence-corrected chi connectivity index (χ1v) is 6.46. The first-order valence-electron chi connectivity index (χ1n) is 6.09. The molecule has 1 amide bonds. The molecule has 6 heteroatoms. The standard InChI is InChI=1S/C14H14ClFN2O2/c1-7(13-8(2)18-20-9(13)3)17-14(19)11-6-10(15)4-5-12(11)16/h4-7H,1-3H3,(H,17,19). The Morgan fingerprint density at radius 1 is 1.45 bits per heavy atom. The van der Waals surface area contributed by atoms with Gasteiger partial charge in [0, 0.05) is 10.6 Å². The third-order valence-electron chi connectivity index (χ3n) is 3.04. The quantitative estimate of drug-likeness (QED) is 0.942. The van der Waals surface area contributed by atoms with Gasteiger partial charge >= 0.3 is 0 Å². The lowest BCUT2D eigenvalue weighted by atomic mass is 10.1. The third kappa shape index (κ3) is 2.82. The summed E-state index contributed by atoms with van der Waals surface area (Å²) in [5.41, 5.74) is 1.40. The minimum absolute atomic E-state index is 0.0869. The molecule has 4 nitrogen and oxygen atoms in total. The number of hydrogen-bond acceptors (Lipinski definition) is 3. The molecule has 0 aliphatic rings. The molecule has 20 heavy (non-hydrogen) atoms. The highest BCUT2D eigenvalue weighted by Crippen LogP contribution is 2.22. The number of nitrogens with one attached hydrogen (secondary N) is 1. The predicted molar refractivity (Wildman–Crippen MR) is 73.3 cm³/mol. The zero-order valence-electron chi connectivity index (χ0n) is 11.3. The Labute approximate surface area is 120 Å². The van der Waals surface area contributed by atoms with Crippen LogP contribution in [0.3, 0.4) is 0 Å². The van der Waals surface area contributed by atoms with Crippen molar-refractivity contribution in [3.8, 4) is 0 Å². The second-order valence-corrected chi connectivity index (χ2v) is 4.99. The minimum Gasteiger partial charge on any atom is -0.361 e. The van der Waals surface area contributed by atoms with Crippen LogP contribution in [-0.4, -0.2) is 11.1 Å². The molecule has 1 aromatic heterocycles. The van der Waals surface area contributed by atoms with Crippen molar-refractivity contribution in [2.45, 2.75) is 26.8 Å². The van der Waals surface area contributed by atoms with E-state index < -0.39 is 11.7 Å². The molecule has 1 N–H and O–H groups in total. The summed E-state index contributed by atoms with van der Waals surface area (Å²) in [4.78, 5) is 12.1. The number of aromatic nitrogens is 1. The van der Waals surface area contributed by atoms with Crippen LogP contribution in [0.4, 0.5) is 4.39 Å². The summed E-state index contributed by atoms with van der Waals surface area (Å²) < 4.78 is 18.7. The van der Waals surface area contributed by atoms with Gasteiger partial charge in [0.25, 0.3) is 5.91 Å². The lowest BCUT2D eigenvalue weighted by Gasteiger charge is -2.14. The van der Waals surface area contributed by atoms with Gasteiger partial charge in [-0.25, -0.2) is 4.39 Å². The molecule has 1 unspecified atom stereocenters. The highest BCUT2D eigenvalue weighted by Gasteiger charge is 2.20. The van der Waals surface area contributed by atoms with Crippen LogP contribution in [0.2, 0.25) is 5.02 Å². The summed E-state index contributed by atoms with van der Waals surface area (Å²) in [5.74, 6) is -0.516. The highest BCUT2D eigenvalue weighted by atomic mass is 35.5. The van der Waals surface area contributed by atoms with Crippen molar-refractivity contribution in [3.63, 3.8) is 0 Å². The lowest BCUT2D eigenvalue weighted by Crippen LogP contribution is -2.28. The van der Waals surface area contributed by atoms with Gasteiger partial charge in [-0.2, -0.15) is 0 Å². The van der Waals surface area contributed by atoms with E-state index >= 15 is 0 Å². The monoisotopic (exact) mass is 296 g/mol. The van der Waals surface area contributed by atoms with Gasteiger partial charge in [-0.3, -0.25) is 4.79 Å².